The van der Waals surface area contributed by atoms with E-state index in [2.05, 4.69) is 0 Å². The molecule has 0 radical (unpaired) electrons. The number of carbonyl (C=O) groups excluding carboxylic acids is 1. The molecule has 0 spiro atoms. The molecule has 7 heteroatoms. The summed E-state index contributed by atoms with van der Waals surface area (Å²) in [5.41, 5.74) is 12.2. The fraction of sp³-hybridized carbons (Fsp3) is 0.235. The maximum atomic E-state index is 12.9. The molecule has 2 atom stereocenters. The van der Waals surface area contributed by atoms with Crippen molar-refractivity contribution >= 4 is 5.78 Å². The number of rotatable bonds is 6. The van der Waals surface area contributed by atoms with E-state index >= 15 is 0 Å². The Labute approximate surface area is 138 Å². The molecule has 2 aromatic rings. The van der Waals surface area contributed by atoms with Crippen LogP contribution in [0.25, 0.3) is 0 Å². The lowest BCUT2D eigenvalue weighted by atomic mass is 9.83. The minimum Gasteiger partial charge on any atom is -0.508 e. The summed E-state index contributed by atoms with van der Waals surface area (Å²) >= 11 is 0. The first-order chi connectivity index (χ1) is 11.3. The summed E-state index contributed by atoms with van der Waals surface area (Å²) < 4.78 is 0. The van der Waals surface area contributed by atoms with E-state index in [1.165, 1.54) is 24.3 Å². The van der Waals surface area contributed by atoms with Gasteiger partial charge in [0.2, 0.25) is 0 Å². The van der Waals surface area contributed by atoms with Gasteiger partial charge in [-0.25, -0.2) is 0 Å². The number of phenolic OH excluding ortho intramolecular Hbond substituents is 4. The zero-order valence-electron chi connectivity index (χ0n) is 12.9. The molecule has 0 fully saturated rings. The smallest absolute Gasteiger partial charge is 0.150 e. The van der Waals surface area contributed by atoms with Gasteiger partial charge in [-0.3, -0.25) is 4.79 Å². The van der Waals surface area contributed by atoms with Crippen LogP contribution >= 0.6 is 0 Å². The van der Waals surface area contributed by atoms with Gasteiger partial charge in [-0.15, -0.1) is 0 Å². The van der Waals surface area contributed by atoms with Crippen molar-refractivity contribution in [3.05, 3.63) is 47.5 Å². The van der Waals surface area contributed by atoms with Crippen LogP contribution in [-0.2, 0) is 4.79 Å². The monoisotopic (exact) mass is 332 g/mol. The maximum Gasteiger partial charge on any atom is 0.150 e. The van der Waals surface area contributed by atoms with Crippen LogP contribution in [0.1, 0.15) is 23.0 Å². The van der Waals surface area contributed by atoms with Crippen LogP contribution in [0.2, 0.25) is 0 Å². The van der Waals surface area contributed by atoms with Crippen LogP contribution < -0.4 is 11.5 Å². The van der Waals surface area contributed by atoms with Crippen molar-refractivity contribution in [1.29, 1.82) is 0 Å². The summed E-state index contributed by atoms with van der Waals surface area (Å²) in [7, 11) is 0. The Morgan fingerprint density at radius 2 is 1.00 bits per heavy atom. The molecule has 0 bridgehead atoms. The molecule has 8 N–H and O–H groups in total. The maximum absolute atomic E-state index is 12.9. The quantitative estimate of drug-likeness (QED) is 0.459. The zero-order chi connectivity index (χ0) is 17.9. The van der Waals surface area contributed by atoms with Crippen molar-refractivity contribution in [2.24, 2.45) is 11.5 Å². The molecule has 2 unspecified atom stereocenters. The predicted molar refractivity (Wildman–Crippen MR) is 88.1 cm³/mol. The lowest BCUT2D eigenvalue weighted by Gasteiger charge is -2.22. The topological polar surface area (TPSA) is 150 Å². The number of hydrogen-bond acceptors (Lipinski definition) is 7. The van der Waals surface area contributed by atoms with Gasteiger partial charge in [0.05, 0.1) is 11.8 Å². The minimum absolute atomic E-state index is 0.0526. The second-order valence-corrected chi connectivity index (χ2v) is 5.54. The zero-order valence-corrected chi connectivity index (χ0v) is 12.9. The molecule has 2 rings (SSSR count). The molecule has 0 aromatic heterocycles. The molecule has 128 valence electrons. The van der Waals surface area contributed by atoms with Crippen molar-refractivity contribution in [3.8, 4) is 23.0 Å². The third-order valence-corrected chi connectivity index (χ3v) is 3.81. The Balaban J connectivity index is 2.41. The molecule has 0 aliphatic heterocycles. The van der Waals surface area contributed by atoms with E-state index < -0.39 is 11.8 Å². The van der Waals surface area contributed by atoms with Crippen LogP contribution in [0.5, 0.6) is 23.0 Å². The van der Waals surface area contributed by atoms with Crippen LogP contribution in [0.4, 0.5) is 0 Å². The van der Waals surface area contributed by atoms with E-state index in [9.17, 15) is 25.2 Å². The number of benzene rings is 2. The van der Waals surface area contributed by atoms with Gasteiger partial charge in [0, 0.05) is 25.2 Å². The second-order valence-electron chi connectivity index (χ2n) is 5.54. The molecule has 0 saturated carbocycles. The van der Waals surface area contributed by atoms with Gasteiger partial charge in [0.25, 0.3) is 0 Å². The molecule has 0 heterocycles. The predicted octanol–water partition coefficient (Wildman–Crippen LogP) is 0.863. The fourth-order valence-corrected chi connectivity index (χ4v) is 2.71. The normalized spacial score (nSPS) is 13.4. The third kappa shape index (κ3) is 3.76. The third-order valence-electron chi connectivity index (χ3n) is 3.81. The second kappa shape index (κ2) is 7.20. The molecule has 2 aromatic carbocycles. The van der Waals surface area contributed by atoms with Crippen LogP contribution in [0.15, 0.2) is 36.4 Å². The highest BCUT2D eigenvalue weighted by atomic mass is 16.3. The number of ketones is 1. The molecular weight excluding hydrogens is 312 g/mol. The highest BCUT2D eigenvalue weighted by Crippen LogP contribution is 2.32. The van der Waals surface area contributed by atoms with Crippen molar-refractivity contribution in [2.75, 3.05) is 13.1 Å². The largest absolute Gasteiger partial charge is 0.508 e. The number of Topliss-reactive ketones (excluding diaryl/α,β-unsaturated/α-hetero) is 1. The standard InChI is InChI=1S/C17H20N2O5/c18-7-15(9-1-11(20)5-12(21)2-9)17(24)16(8-19)10-3-13(22)6-14(23)4-10/h1-6,15-16,20-23H,7-8,18-19H2. The molecule has 0 aliphatic rings. The van der Waals surface area contributed by atoms with Crippen molar-refractivity contribution in [2.45, 2.75) is 11.8 Å². The average molecular weight is 332 g/mol. The van der Waals surface area contributed by atoms with Gasteiger partial charge in [-0.1, -0.05) is 0 Å². The summed E-state index contributed by atoms with van der Waals surface area (Å²) in [4.78, 5) is 12.9. The van der Waals surface area contributed by atoms with Gasteiger partial charge < -0.3 is 31.9 Å². The van der Waals surface area contributed by atoms with E-state index in [-0.39, 0.29) is 41.9 Å². The van der Waals surface area contributed by atoms with E-state index in [0.717, 1.165) is 12.1 Å². The van der Waals surface area contributed by atoms with E-state index in [4.69, 9.17) is 11.5 Å². The molecular formula is C17H20N2O5. The first-order valence-electron chi connectivity index (χ1n) is 7.35. The molecule has 0 amide bonds. The summed E-state index contributed by atoms with van der Waals surface area (Å²) in [6.07, 6.45) is 0. The van der Waals surface area contributed by atoms with E-state index in [0.29, 0.717) is 11.1 Å². The Bertz CT molecular complexity index is 646. The van der Waals surface area contributed by atoms with Crippen molar-refractivity contribution in [3.63, 3.8) is 0 Å². The first-order valence-corrected chi connectivity index (χ1v) is 7.35. The van der Waals surface area contributed by atoms with Gasteiger partial charge in [0.15, 0.2) is 0 Å². The number of nitrogens with two attached hydrogens (primary N) is 2. The van der Waals surface area contributed by atoms with Crippen LogP contribution in [0.3, 0.4) is 0 Å². The van der Waals surface area contributed by atoms with Gasteiger partial charge in [-0.2, -0.15) is 0 Å². The average Bonchev–Trinajstić information content (AvgIpc) is 2.46. The number of carbonyl (C=O) groups is 1. The Morgan fingerprint density at radius 3 is 1.25 bits per heavy atom. The van der Waals surface area contributed by atoms with Gasteiger partial charge in [-0.05, 0) is 35.4 Å². The van der Waals surface area contributed by atoms with Crippen LogP contribution in [0, 0.1) is 0 Å². The minimum atomic E-state index is -0.805. The summed E-state index contributed by atoms with van der Waals surface area (Å²) in [6.45, 7) is -0.105. The number of phenols is 4. The lowest BCUT2D eigenvalue weighted by molar-refractivity contribution is -0.121. The Hall–Kier alpha value is -2.77. The fourth-order valence-electron chi connectivity index (χ4n) is 2.71. The molecule has 7 nitrogen and oxygen atoms in total. The summed E-state index contributed by atoms with van der Waals surface area (Å²) in [6, 6.07) is 7.70. The molecule has 0 saturated heterocycles. The van der Waals surface area contributed by atoms with Crippen LogP contribution in [-0.4, -0.2) is 39.3 Å². The number of aromatic hydroxyl groups is 4. The summed E-state index contributed by atoms with van der Waals surface area (Å²) in [5.74, 6) is -2.69. The van der Waals surface area contributed by atoms with Crippen molar-refractivity contribution in [1.82, 2.24) is 0 Å². The van der Waals surface area contributed by atoms with E-state index in [1.54, 1.807) is 0 Å². The first kappa shape index (κ1) is 17.6. The highest BCUT2D eigenvalue weighted by Gasteiger charge is 2.29. The molecule has 0 aliphatic carbocycles. The Kier molecular flexibility index (Phi) is 5.28. The van der Waals surface area contributed by atoms with Gasteiger partial charge in [0.1, 0.15) is 28.8 Å². The molecule has 24 heavy (non-hydrogen) atoms. The Morgan fingerprint density at radius 1 is 0.708 bits per heavy atom. The summed E-state index contributed by atoms with van der Waals surface area (Å²) in [5, 5.41) is 38.4. The highest BCUT2D eigenvalue weighted by molar-refractivity contribution is 5.92. The SMILES string of the molecule is NCC(C(=O)C(CN)c1cc(O)cc(O)c1)c1cc(O)cc(O)c1. The number of hydrogen-bond donors (Lipinski definition) is 6. The van der Waals surface area contributed by atoms with Gasteiger partial charge >= 0.3 is 0 Å². The lowest BCUT2D eigenvalue weighted by Crippen LogP contribution is -2.30. The van der Waals surface area contributed by atoms with Crippen molar-refractivity contribution < 1.29 is 25.2 Å². The van der Waals surface area contributed by atoms with E-state index in [1.807, 2.05) is 0 Å².